The zero-order valence-corrected chi connectivity index (χ0v) is 22.2. The molecule has 7 atom stereocenters. The van der Waals surface area contributed by atoms with E-state index < -0.39 is 27.4 Å². The molecule has 0 aliphatic heterocycles. The molecule has 0 radical (unpaired) electrons. The van der Waals surface area contributed by atoms with Crippen molar-refractivity contribution in [2.24, 2.45) is 22.7 Å². The lowest BCUT2D eigenvalue weighted by Gasteiger charge is -2.64. The molecule has 190 valence electrons. The van der Waals surface area contributed by atoms with Crippen molar-refractivity contribution in [1.29, 1.82) is 0 Å². The Balaban J connectivity index is 1.73. The number of rotatable bonds is 7. The molecular formula is C26H37BrO7. The molecule has 0 heterocycles. The Kier molecular flexibility index (Phi) is 6.95. The number of aliphatic hydroxyl groups excluding tert-OH is 1. The third-order valence-electron chi connectivity index (χ3n) is 9.59. The number of aliphatic hydroxyl groups is 1. The number of Topliss-reactive ketones (excluding diaryl/α,β-unsaturated/α-hetero) is 2. The van der Waals surface area contributed by atoms with E-state index in [0.29, 0.717) is 38.7 Å². The Hall–Kier alpha value is -1.09. The summed E-state index contributed by atoms with van der Waals surface area (Å²) in [6.07, 6.45) is 5.50. The molecule has 34 heavy (non-hydrogen) atoms. The highest BCUT2D eigenvalue weighted by Crippen LogP contribution is 2.71. The van der Waals surface area contributed by atoms with Crippen LogP contribution in [0.5, 0.6) is 0 Å². The fourth-order valence-electron chi connectivity index (χ4n) is 7.76. The number of allylic oxidation sites excluding steroid dienone is 2. The molecule has 3 saturated carbocycles. The van der Waals surface area contributed by atoms with Gasteiger partial charge < -0.3 is 19.3 Å². The zero-order valence-electron chi connectivity index (χ0n) is 20.7. The molecule has 0 amide bonds. The predicted molar refractivity (Wildman–Crippen MR) is 128 cm³/mol. The van der Waals surface area contributed by atoms with Gasteiger partial charge in [-0.2, -0.15) is 0 Å². The summed E-state index contributed by atoms with van der Waals surface area (Å²) in [6.45, 7) is 7.44. The molecule has 0 unspecified atom stereocenters. The van der Waals surface area contributed by atoms with Crippen LogP contribution in [0.3, 0.4) is 0 Å². The van der Waals surface area contributed by atoms with Crippen molar-refractivity contribution >= 4 is 33.5 Å². The Morgan fingerprint density at radius 3 is 2.65 bits per heavy atom. The molecule has 8 heteroatoms. The molecule has 0 aromatic rings. The van der Waals surface area contributed by atoms with Crippen molar-refractivity contribution in [3.8, 4) is 0 Å². The molecule has 4 rings (SSSR count). The predicted octanol–water partition coefficient (Wildman–Crippen LogP) is 3.89. The van der Waals surface area contributed by atoms with Crippen molar-refractivity contribution in [3.05, 3.63) is 11.6 Å². The fraction of sp³-hybridized carbons (Fsp3) is 0.808. The number of carbonyl (C=O) groups is 3. The number of hydrogen-bond donors (Lipinski definition) is 1. The molecule has 0 saturated heterocycles. The van der Waals surface area contributed by atoms with Crippen LogP contribution in [-0.4, -0.2) is 58.7 Å². The Morgan fingerprint density at radius 1 is 1.24 bits per heavy atom. The maximum absolute atomic E-state index is 13.6. The van der Waals surface area contributed by atoms with Crippen molar-refractivity contribution in [2.75, 3.05) is 20.0 Å². The van der Waals surface area contributed by atoms with Crippen molar-refractivity contribution in [3.63, 3.8) is 0 Å². The molecule has 0 aromatic carbocycles. The van der Waals surface area contributed by atoms with Crippen molar-refractivity contribution in [1.82, 2.24) is 0 Å². The van der Waals surface area contributed by atoms with Crippen LogP contribution < -0.4 is 0 Å². The SMILES string of the molecule is CCOCO[C@]1(C(=O)COC(C)=O)CC[C@H]2[C@@H]3CC=C4CC(=O)CC[C@]4(C)[C@@]3(Br)[C@@H](O)C[C@@]21C. The first-order valence-electron chi connectivity index (χ1n) is 12.4. The molecule has 0 bridgehead atoms. The summed E-state index contributed by atoms with van der Waals surface area (Å²) in [6, 6.07) is 0. The van der Waals surface area contributed by atoms with Crippen molar-refractivity contribution in [2.45, 2.75) is 88.7 Å². The molecule has 7 nitrogen and oxygen atoms in total. The summed E-state index contributed by atoms with van der Waals surface area (Å²) in [5.41, 5.74) is -1.06. The van der Waals surface area contributed by atoms with Crippen LogP contribution in [-0.2, 0) is 28.6 Å². The van der Waals surface area contributed by atoms with E-state index in [9.17, 15) is 19.5 Å². The lowest BCUT2D eigenvalue weighted by molar-refractivity contribution is -0.214. The second-order valence-electron chi connectivity index (χ2n) is 11.0. The van der Waals surface area contributed by atoms with E-state index in [2.05, 4.69) is 28.9 Å². The van der Waals surface area contributed by atoms with E-state index in [1.165, 1.54) is 6.92 Å². The van der Waals surface area contributed by atoms with Gasteiger partial charge >= 0.3 is 5.97 Å². The van der Waals surface area contributed by atoms with Crippen LogP contribution in [0.2, 0.25) is 0 Å². The van der Waals surface area contributed by atoms with Gasteiger partial charge in [-0.3, -0.25) is 14.4 Å². The summed E-state index contributed by atoms with van der Waals surface area (Å²) < 4.78 is 16.3. The minimum absolute atomic E-state index is 0.0330. The smallest absolute Gasteiger partial charge is 0.303 e. The first-order chi connectivity index (χ1) is 16.0. The monoisotopic (exact) mass is 540 g/mol. The summed E-state index contributed by atoms with van der Waals surface area (Å²) in [5, 5.41) is 11.8. The zero-order chi connectivity index (χ0) is 24.9. The molecule has 1 N–H and O–H groups in total. The molecular weight excluding hydrogens is 504 g/mol. The van der Waals surface area contributed by atoms with Gasteiger partial charge in [0.2, 0.25) is 5.78 Å². The van der Waals surface area contributed by atoms with Crippen molar-refractivity contribution < 1.29 is 33.7 Å². The standard InChI is InChI=1S/C26H37BrO7/c1-5-32-15-34-25(22(31)14-33-16(2)28)11-9-19-20-7-6-17-12-18(29)8-10-23(17,3)26(20,27)21(30)13-24(19,25)4/h6,19-21,30H,5,7-15H2,1-4H3/t19-,20-,21-,23-,24-,25-,26-/m0/s1. The van der Waals surface area contributed by atoms with Gasteiger partial charge in [-0.1, -0.05) is 41.4 Å². The van der Waals surface area contributed by atoms with Crippen LogP contribution in [0.4, 0.5) is 0 Å². The van der Waals surface area contributed by atoms with Gasteiger partial charge in [0, 0.05) is 37.2 Å². The minimum Gasteiger partial charge on any atom is -0.458 e. The first kappa shape index (κ1) is 26.0. The lowest BCUT2D eigenvalue weighted by Crippen LogP contribution is -2.69. The van der Waals surface area contributed by atoms with E-state index in [-0.39, 0.29) is 42.2 Å². The highest BCUT2D eigenvalue weighted by Gasteiger charge is 2.73. The van der Waals surface area contributed by atoms with Crippen LogP contribution in [0, 0.1) is 22.7 Å². The van der Waals surface area contributed by atoms with Crippen LogP contribution in [0.1, 0.15) is 72.6 Å². The second-order valence-corrected chi connectivity index (χ2v) is 12.3. The number of ketones is 2. The van der Waals surface area contributed by atoms with Gasteiger partial charge in [-0.25, -0.2) is 0 Å². The second kappa shape index (κ2) is 9.09. The highest BCUT2D eigenvalue weighted by molar-refractivity contribution is 9.10. The third kappa shape index (κ3) is 3.58. The van der Waals surface area contributed by atoms with E-state index in [0.717, 1.165) is 18.4 Å². The molecule has 0 aromatic heterocycles. The van der Waals surface area contributed by atoms with Gasteiger partial charge in [0.05, 0.1) is 10.4 Å². The fourth-order valence-corrected chi connectivity index (χ4v) is 8.88. The largest absolute Gasteiger partial charge is 0.458 e. The van der Waals surface area contributed by atoms with Gasteiger partial charge in [0.1, 0.15) is 18.2 Å². The molecule has 4 aliphatic carbocycles. The summed E-state index contributed by atoms with van der Waals surface area (Å²) >= 11 is 4.08. The average Bonchev–Trinajstić information content (AvgIpc) is 3.06. The Bertz CT molecular complexity index is 902. The van der Waals surface area contributed by atoms with E-state index in [4.69, 9.17) is 14.2 Å². The lowest BCUT2D eigenvalue weighted by atomic mass is 9.45. The van der Waals surface area contributed by atoms with E-state index >= 15 is 0 Å². The number of esters is 1. The highest BCUT2D eigenvalue weighted by atomic mass is 79.9. The number of fused-ring (bicyclic) bond motifs is 5. The van der Waals surface area contributed by atoms with Crippen LogP contribution in [0.25, 0.3) is 0 Å². The number of alkyl halides is 1. The normalized spacial score (nSPS) is 43.4. The van der Waals surface area contributed by atoms with E-state index in [1.807, 2.05) is 13.8 Å². The summed E-state index contributed by atoms with van der Waals surface area (Å²) in [5.74, 6) is -0.356. The maximum atomic E-state index is 13.6. The number of hydrogen-bond acceptors (Lipinski definition) is 7. The Morgan fingerprint density at radius 2 is 1.97 bits per heavy atom. The topological polar surface area (TPSA) is 99.1 Å². The molecule has 3 fully saturated rings. The van der Waals surface area contributed by atoms with Gasteiger partial charge in [-0.05, 0) is 50.9 Å². The third-order valence-corrected chi connectivity index (χ3v) is 11.6. The quantitative estimate of drug-likeness (QED) is 0.172. The average molecular weight is 541 g/mol. The number of ether oxygens (including phenoxy) is 3. The Labute approximate surface area is 210 Å². The van der Waals surface area contributed by atoms with Crippen LogP contribution >= 0.6 is 15.9 Å². The summed E-state index contributed by atoms with van der Waals surface area (Å²) in [4.78, 5) is 37.3. The molecule has 4 aliphatic rings. The van der Waals surface area contributed by atoms with Gasteiger partial charge in [0.25, 0.3) is 0 Å². The number of halogens is 1. The van der Waals surface area contributed by atoms with Gasteiger partial charge in [-0.15, -0.1) is 0 Å². The first-order valence-corrected chi connectivity index (χ1v) is 13.2. The number of carbonyl (C=O) groups excluding carboxylic acids is 3. The maximum Gasteiger partial charge on any atom is 0.303 e. The van der Waals surface area contributed by atoms with Crippen LogP contribution in [0.15, 0.2) is 11.6 Å². The van der Waals surface area contributed by atoms with Gasteiger partial charge in [0.15, 0.2) is 6.61 Å². The molecule has 0 spiro atoms. The summed E-state index contributed by atoms with van der Waals surface area (Å²) in [7, 11) is 0. The van der Waals surface area contributed by atoms with E-state index in [1.54, 1.807) is 0 Å². The minimum atomic E-state index is -1.20.